The summed E-state index contributed by atoms with van der Waals surface area (Å²) in [6.45, 7) is 3.35. The molecule has 0 radical (unpaired) electrons. The van der Waals surface area contributed by atoms with Crippen LogP contribution in [-0.4, -0.2) is 35.3 Å². The molecule has 1 aliphatic heterocycles. The molecular formula is C22H23N3O3. The molecule has 1 aliphatic carbocycles. The first-order valence-corrected chi connectivity index (χ1v) is 9.57. The van der Waals surface area contributed by atoms with Gasteiger partial charge in [0.15, 0.2) is 0 Å². The number of rotatable bonds is 4. The lowest BCUT2D eigenvalue weighted by atomic mass is 10.1. The number of nitrogens with zero attached hydrogens (tertiary/aromatic N) is 2. The third-order valence-corrected chi connectivity index (χ3v) is 5.44. The van der Waals surface area contributed by atoms with Gasteiger partial charge >= 0.3 is 6.03 Å². The molecule has 1 heterocycles. The van der Waals surface area contributed by atoms with Gasteiger partial charge in [-0.15, -0.1) is 0 Å². The fraction of sp³-hybridized carbons (Fsp3) is 0.318. The molecule has 1 atom stereocenters. The van der Waals surface area contributed by atoms with Crippen LogP contribution >= 0.6 is 0 Å². The smallest absolute Gasteiger partial charge is 0.325 e. The third-order valence-electron chi connectivity index (χ3n) is 5.44. The Hall–Kier alpha value is -3.15. The first kappa shape index (κ1) is 18.2. The summed E-state index contributed by atoms with van der Waals surface area (Å²) in [4.78, 5) is 40.3. The van der Waals surface area contributed by atoms with E-state index in [2.05, 4.69) is 5.32 Å². The van der Waals surface area contributed by atoms with Crippen molar-refractivity contribution in [3.63, 3.8) is 0 Å². The zero-order chi connectivity index (χ0) is 19.8. The SMILES string of the molecule is Cc1ccc(N2C(=O)N(CC(=O)Nc3ccc4c(c3)CCC4)C(=O)C2C)cc1. The van der Waals surface area contributed by atoms with E-state index < -0.39 is 12.1 Å². The van der Waals surface area contributed by atoms with Crippen LogP contribution in [0.15, 0.2) is 42.5 Å². The number of carbonyl (C=O) groups excluding carboxylic acids is 3. The number of fused-ring (bicyclic) bond motifs is 1. The summed E-state index contributed by atoms with van der Waals surface area (Å²) in [6, 6.07) is 12.2. The zero-order valence-corrected chi connectivity index (χ0v) is 16.1. The van der Waals surface area contributed by atoms with Crippen LogP contribution in [0.25, 0.3) is 0 Å². The van der Waals surface area contributed by atoms with E-state index in [1.807, 2.05) is 49.4 Å². The minimum atomic E-state index is -0.636. The van der Waals surface area contributed by atoms with Crippen molar-refractivity contribution in [2.24, 2.45) is 0 Å². The molecule has 0 spiro atoms. The molecule has 2 aromatic carbocycles. The second-order valence-corrected chi connectivity index (χ2v) is 7.47. The van der Waals surface area contributed by atoms with Gasteiger partial charge in [0.05, 0.1) is 0 Å². The number of urea groups is 1. The summed E-state index contributed by atoms with van der Waals surface area (Å²) < 4.78 is 0. The van der Waals surface area contributed by atoms with Gasteiger partial charge in [-0.05, 0) is 68.5 Å². The van der Waals surface area contributed by atoms with Gasteiger partial charge in [0.25, 0.3) is 5.91 Å². The number of nitrogens with one attached hydrogen (secondary N) is 1. The second kappa shape index (κ2) is 7.11. The fourth-order valence-corrected chi connectivity index (χ4v) is 3.90. The standard InChI is InChI=1S/C22H23N3O3/c1-14-6-10-19(11-7-14)25-15(2)21(27)24(22(25)28)13-20(26)23-18-9-8-16-4-3-5-17(16)12-18/h6-12,15H,3-5,13H2,1-2H3,(H,23,26). The van der Waals surface area contributed by atoms with Crippen LogP contribution in [-0.2, 0) is 22.4 Å². The van der Waals surface area contributed by atoms with Crippen LogP contribution in [0.3, 0.4) is 0 Å². The minimum Gasteiger partial charge on any atom is -0.325 e. The Morgan fingerprint density at radius 1 is 1.07 bits per heavy atom. The number of aryl methyl sites for hydroxylation is 3. The highest BCUT2D eigenvalue weighted by molar-refractivity contribution is 6.16. The first-order valence-electron chi connectivity index (χ1n) is 9.57. The molecule has 0 saturated carbocycles. The Bertz CT molecular complexity index is 952. The maximum atomic E-state index is 12.8. The normalized spacial score (nSPS) is 18.6. The largest absolute Gasteiger partial charge is 0.332 e. The van der Waals surface area contributed by atoms with E-state index >= 15 is 0 Å². The van der Waals surface area contributed by atoms with Crippen molar-refractivity contribution in [2.45, 2.75) is 39.2 Å². The number of hydrogen-bond acceptors (Lipinski definition) is 3. The van der Waals surface area contributed by atoms with E-state index in [1.54, 1.807) is 6.92 Å². The van der Waals surface area contributed by atoms with Gasteiger partial charge in [-0.2, -0.15) is 0 Å². The molecule has 6 heteroatoms. The summed E-state index contributed by atoms with van der Waals surface area (Å²) in [5, 5.41) is 2.81. The molecule has 1 saturated heterocycles. The number of carbonyl (C=O) groups is 3. The lowest BCUT2D eigenvalue weighted by molar-refractivity contribution is -0.130. The summed E-state index contributed by atoms with van der Waals surface area (Å²) >= 11 is 0. The van der Waals surface area contributed by atoms with Crippen molar-refractivity contribution < 1.29 is 14.4 Å². The summed E-state index contributed by atoms with van der Waals surface area (Å²) in [6.07, 6.45) is 3.23. The van der Waals surface area contributed by atoms with Crippen LogP contribution in [0.5, 0.6) is 0 Å². The molecule has 1 fully saturated rings. The van der Waals surface area contributed by atoms with Crippen molar-refractivity contribution in [1.82, 2.24) is 4.90 Å². The van der Waals surface area contributed by atoms with Crippen molar-refractivity contribution in [3.05, 3.63) is 59.2 Å². The maximum absolute atomic E-state index is 12.8. The predicted octanol–water partition coefficient (Wildman–Crippen LogP) is 3.28. The van der Waals surface area contributed by atoms with Gasteiger partial charge in [0, 0.05) is 11.4 Å². The molecule has 2 aliphatic rings. The Kier molecular flexibility index (Phi) is 4.63. The van der Waals surface area contributed by atoms with Gasteiger partial charge < -0.3 is 5.32 Å². The van der Waals surface area contributed by atoms with Crippen LogP contribution in [0.2, 0.25) is 0 Å². The molecule has 4 rings (SSSR count). The molecule has 1 N–H and O–H groups in total. The van der Waals surface area contributed by atoms with Crippen molar-refractivity contribution in [3.8, 4) is 0 Å². The van der Waals surface area contributed by atoms with E-state index in [0.717, 1.165) is 29.7 Å². The molecule has 6 nitrogen and oxygen atoms in total. The Morgan fingerprint density at radius 2 is 1.79 bits per heavy atom. The second-order valence-electron chi connectivity index (χ2n) is 7.47. The lowest BCUT2D eigenvalue weighted by Gasteiger charge is -2.19. The Morgan fingerprint density at radius 3 is 2.54 bits per heavy atom. The summed E-state index contributed by atoms with van der Waals surface area (Å²) in [5.74, 6) is -0.743. The average Bonchev–Trinajstić information content (AvgIpc) is 3.21. The van der Waals surface area contributed by atoms with Crippen LogP contribution in [0.4, 0.5) is 16.2 Å². The van der Waals surface area contributed by atoms with Crippen molar-refractivity contribution >= 4 is 29.2 Å². The number of benzene rings is 2. The number of anilines is 2. The quantitative estimate of drug-likeness (QED) is 0.832. The van der Waals surface area contributed by atoms with E-state index in [1.165, 1.54) is 16.0 Å². The van der Waals surface area contributed by atoms with Gasteiger partial charge in [0.2, 0.25) is 5.91 Å². The molecule has 1 unspecified atom stereocenters. The van der Waals surface area contributed by atoms with Gasteiger partial charge in [-0.3, -0.25) is 19.4 Å². The number of hydrogen-bond donors (Lipinski definition) is 1. The zero-order valence-electron chi connectivity index (χ0n) is 16.1. The van der Waals surface area contributed by atoms with Crippen LogP contribution < -0.4 is 10.2 Å². The average molecular weight is 377 g/mol. The number of imide groups is 1. The van der Waals surface area contributed by atoms with Gasteiger partial charge in [0.1, 0.15) is 12.6 Å². The molecule has 28 heavy (non-hydrogen) atoms. The minimum absolute atomic E-state index is 0.290. The molecule has 0 bridgehead atoms. The molecular weight excluding hydrogens is 354 g/mol. The molecule has 4 amide bonds. The van der Waals surface area contributed by atoms with Crippen LogP contribution in [0, 0.1) is 6.92 Å². The highest BCUT2D eigenvalue weighted by Crippen LogP contribution is 2.27. The summed E-state index contributed by atoms with van der Waals surface area (Å²) in [5.41, 5.74) is 5.00. The molecule has 0 aromatic heterocycles. The highest BCUT2D eigenvalue weighted by Gasteiger charge is 2.44. The van der Waals surface area contributed by atoms with Crippen LogP contribution in [0.1, 0.15) is 30.0 Å². The maximum Gasteiger partial charge on any atom is 0.332 e. The highest BCUT2D eigenvalue weighted by atomic mass is 16.2. The van der Waals surface area contributed by atoms with Crippen molar-refractivity contribution in [2.75, 3.05) is 16.8 Å². The van der Waals surface area contributed by atoms with Gasteiger partial charge in [-0.1, -0.05) is 23.8 Å². The van der Waals surface area contributed by atoms with E-state index in [9.17, 15) is 14.4 Å². The topological polar surface area (TPSA) is 69.7 Å². The first-order chi connectivity index (χ1) is 13.4. The van der Waals surface area contributed by atoms with E-state index in [4.69, 9.17) is 0 Å². The lowest BCUT2D eigenvalue weighted by Crippen LogP contribution is -2.39. The van der Waals surface area contributed by atoms with E-state index in [-0.39, 0.29) is 18.4 Å². The molecule has 2 aromatic rings. The van der Waals surface area contributed by atoms with Gasteiger partial charge in [-0.25, -0.2) is 4.79 Å². The van der Waals surface area contributed by atoms with E-state index in [0.29, 0.717) is 11.4 Å². The predicted molar refractivity (Wildman–Crippen MR) is 107 cm³/mol. The number of amides is 4. The summed E-state index contributed by atoms with van der Waals surface area (Å²) in [7, 11) is 0. The molecule has 144 valence electrons. The van der Waals surface area contributed by atoms with Crippen molar-refractivity contribution in [1.29, 1.82) is 0 Å². The Labute approximate surface area is 164 Å². The fourth-order valence-electron chi connectivity index (χ4n) is 3.90. The monoisotopic (exact) mass is 377 g/mol. The third kappa shape index (κ3) is 3.26. The Balaban J connectivity index is 1.46.